The summed E-state index contributed by atoms with van der Waals surface area (Å²) < 4.78 is 2.02. The summed E-state index contributed by atoms with van der Waals surface area (Å²) in [5.41, 5.74) is 5.45. The van der Waals surface area contributed by atoms with Crippen LogP contribution in [-0.2, 0) is 0 Å². The molecule has 0 saturated heterocycles. The van der Waals surface area contributed by atoms with E-state index in [1.807, 2.05) is 41.0 Å². The highest BCUT2D eigenvalue weighted by molar-refractivity contribution is 7.13. The van der Waals surface area contributed by atoms with Gasteiger partial charge >= 0.3 is 0 Å². The molecule has 3 aromatic heterocycles. The molecule has 5 heteroatoms. The van der Waals surface area contributed by atoms with Crippen LogP contribution in [0.3, 0.4) is 0 Å². The van der Waals surface area contributed by atoms with Crippen molar-refractivity contribution in [3.8, 4) is 34.0 Å². The second-order valence-electron chi connectivity index (χ2n) is 5.87. The number of fused-ring (bicyclic) bond motifs is 2. The highest BCUT2D eigenvalue weighted by atomic mass is 32.1. The molecule has 0 fully saturated rings. The number of terminal acetylenes is 1. The Morgan fingerprint density at radius 3 is 2.60 bits per heavy atom. The van der Waals surface area contributed by atoms with Gasteiger partial charge in [0.2, 0.25) is 0 Å². The van der Waals surface area contributed by atoms with Crippen molar-refractivity contribution in [1.29, 1.82) is 0 Å². The molecule has 0 aliphatic heterocycles. The second-order valence-corrected chi connectivity index (χ2v) is 6.79. The van der Waals surface area contributed by atoms with Crippen LogP contribution in [0, 0.1) is 12.3 Å². The van der Waals surface area contributed by atoms with Crippen molar-refractivity contribution in [1.82, 2.24) is 14.4 Å². The summed E-state index contributed by atoms with van der Waals surface area (Å²) in [5, 5.41) is 1.99. The molecule has 0 amide bonds. The van der Waals surface area contributed by atoms with E-state index in [1.54, 1.807) is 23.7 Å². The summed E-state index contributed by atoms with van der Waals surface area (Å²) in [6.07, 6.45) is 11.0. The van der Waals surface area contributed by atoms with Gasteiger partial charge in [0.25, 0.3) is 0 Å². The lowest BCUT2D eigenvalue weighted by molar-refractivity contribution is 1.03. The largest absolute Gasteiger partial charge is 0.362 e. The minimum atomic E-state index is 0.817. The summed E-state index contributed by atoms with van der Waals surface area (Å²) in [4.78, 5) is 11.8. The van der Waals surface area contributed by atoms with Crippen molar-refractivity contribution in [3.63, 3.8) is 0 Å². The van der Waals surface area contributed by atoms with Gasteiger partial charge in [0.05, 0.1) is 11.1 Å². The van der Waals surface area contributed by atoms with Crippen LogP contribution >= 0.6 is 11.3 Å². The van der Waals surface area contributed by atoms with Crippen LogP contribution in [0.25, 0.3) is 27.3 Å². The number of hydrogen-bond donors (Lipinski definition) is 0. The number of anilines is 1. The molecule has 0 radical (unpaired) electrons. The number of thiophene rings is 1. The van der Waals surface area contributed by atoms with Crippen molar-refractivity contribution in [2.45, 2.75) is 0 Å². The lowest BCUT2D eigenvalue weighted by Crippen LogP contribution is -2.12. The van der Waals surface area contributed by atoms with Crippen molar-refractivity contribution in [2.24, 2.45) is 0 Å². The van der Waals surface area contributed by atoms with Crippen LogP contribution in [0.1, 0.15) is 5.56 Å². The summed E-state index contributed by atoms with van der Waals surface area (Å²) in [5.74, 6) is 3.72. The van der Waals surface area contributed by atoms with Crippen LogP contribution in [0.2, 0.25) is 0 Å². The molecule has 0 saturated carbocycles. The minimum absolute atomic E-state index is 0.817. The van der Waals surface area contributed by atoms with Crippen LogP contribution in [0.5, 0.6) is 0 Å². The second kappa shape index (κ2) is 6.08. The normalized spacial score (nSPS) is 10.8. The van der Waals surface area contributed by atoms with E-state index in [9.17, 15) is 0 Å². The van der Waals surface area contributed by atoms with E-state index >= 15 is 0 Å². The molecule has 4 nitrogen and oxygen atoms in total. The Hall–Kier alpha value is -3.10. The molecule has 0 N–H and O–H groups in total. The number of nitrogens with zero attached hydrogens (tertiary/aromatic N) is 4. The maximum absolute atomic E-state index is 5.55. The molecule has 0 bridgehead atoms. The lowest BCUT2D eigenvalue weighted by atomic mass is 10.2. The first-order valence-corrected chi connectivity index (χ1v) is 8.71. The van der Waals surface area contributed by atoms with Crippen molar-refractivity contribution >= 4 is 22.8 Å². The lowest BCUT2D eigenvalue weighted by Gasteiger charge is -2.13. The molecule has 0 unspecified atom stereocenters. The van der Waals surface area contributed by atoms with Gasteiger partial charge in [-0.05, 0) is 28.6 Å². The highest BCUT2D eigenvalue weighted by Gasteiger charge is 2.18. The summed E-state index contributed by atoms with van der Waals surface area (Å²) in [6, 6.07) is 10.4. The van der Waals surface area contributed by atoms with Crippen LogP contribution < -0.4 is 4.90 Å². The maximum Gasteiger partial charge on any atom is 0.157 e. The highest BCUT2D eigenvalue weighted by Crippen LogP contribution is 2.35. The third kappa shape index (κ3) is 2.77. The molecule has 3 heterocycles. The van der Waals surface area contributed by atoms with Gasteiger partial charge in [-0.3, -0.25) is 9.38 Å². The standard InChI is InChI=1S/C14H12N4S.C6H4/c1-4-10-5-8-19-13(10)12-14(17(2)3)18-7-6-15-9-11(18)16-12;1-2-5-4-6(5)3-1/h1,5-9H,2-3H3;1-4H. The third-order valence-corrected chi connectivity index (χ3v) is 4.90. The predicted octanol–water partition coefficient (Wildman–Crippen LogP) is 4.17. The monoisotopic (exact) mass is 344 g/mol. The fraction of sp³-hybridized carbons (Fsp3) is 0.100. The molecule has 0 aromatic carbocycles. The van der Waals surface area contributed by atoms with Gasteiger partial charge in [0.15, 0.2) is 5.65 Å². The summed E-state index contributed by atoms with van der Waals surface area (Å²) >= 11 is 1.61. The van der Waals surface area contributed by atoms with Crippen molar-refractivity contribution in [2.75, 3.05) is 19.0 Å². The molecule has 25 heavy (non-hydrogen) atoms. The predicted molar refractivity (Wildman–Crippen MR) is 104 cm³/mol. The maximum atomic E-state index is 5.55. The number of aromatic nitrogens is 3. The number of imidazole rings is 1. The fourth-order valence-electron chi connectivity index (χ4n) is 2.76. The van der Waals surface area contributed by atoms with Gasteiger partial charge < -0.3 is 4.90 Å². The van der Waals surface area contributed by atoms with E-state index < -0.39 is 0 Å². The van der Waals surface area contributed by atoms with Gasteiger partial charge in [-0.15, -0.1) is 17.8 Å². The van der Waals surface area contributed by atoms with E-state index in [-0.39, 0.29) is 0 Å². The Morgan fingerprint density at radius 2 is 2.00 bits per heavy atom. The number of rotatable bonds is 2. The molecule has 0 atom stereocenters. The Morgan fingerprint density at radius 1 is 1.20 bits per heavy atom. The molecule has 5 rings (SSSR count). The van der Waals surface area contributed by atoms with Gasteiger partial charge in [0, 0.05) is 32.1 Å². The first-order valence-electron chi connectivity index (χ1n) is 7.83. The molecular weight excluding hydrogens is 328 g/mol. The average Bonchev–Trinajstić information content (AvgIpc) is 3.04. The molecule has 122 valence electrons. The van der Waals surface area contributed by atoms with E-state index in [0.717, 1.165) is 27.6 Å². The number of hydrogen-bond acceptors (Lipinski definition) is 4. The zero-order chi connectivity index (χ0) is 17.4. The molecule has 2 aliphatic carbocycles. The van der Waals surface area contributed by atoms with Crippen LogP contribution in [0.15, 0.2) is 54.3 Å². The average molecular weight is 344 g/mol. The van der Waals surface area contributed by atoms with E-state index in [4.69, 9.17) is 6.42 Å². The van der Waals surface area contributed by atoms with Crippen molar-refractivity contribution < 1.29 is 0 Å². The van der Waals surface area contributed by atoms with E-state index in [0.29, 0.717) is 0 Å². The van der Waals surface area contributed by atoms with Gasteiger partial charge in [-0.1, -0.05) is 24.1 Å². The zero-order valence-electron chi connectivity index (χ0n) is 14.0. The van der Waals surface area contributed by atoms with Gasteiger partial charge in [0.1, 0.15) is 11.5 Å². The van der Waals surface area contributed by atoms with Gasteiger partial charge in [-0.2, -0.15) is 0 Å². The molecule has 0 spiro atoms. The van der Waals surface area contributed by atoms with E-state index in [1.165, 1.54) is 11.1 Å². The topological polar surface area (TPSA) is 33.4 Å². The molecular formula is C20H16N4S. The smallest absolute Gasteiger partial charge is 0.157 e. The molecule has 2 aliphatic rings. The Bertz CT molecular complexity index is 1080. The zero-order valence-corrected chi connectivity index (χ0v) is 14.8. The first-order chi connectivity index (χ1) is 12.2. The summed E-state index contributed by atoms with van der Waals surface area (Å²) in [6.45, 7) is 0. The quantitative estimate of drug-likeness (QED) is 0.451. The minimum Gasteiger partial charge on any atom is -0.362 e. The van der Waals surface area contributed by atoms with Crippen molar-refractivity contribution in [3.05, 3.63) is 59.9 Å². The Kier molecular flexibility index (Phi) is 3.75. The van der Waals surface area contributed by atoms with Crippen LogP contribution in [-0.4, -0.2) is 28.5 Å². The first kappa shape index (κ1) is 15.4. The SMILES string of the molecule is C#Cc1ccsc1-c1nc2cnccn2c1N(C)C.c1cc2cc-2c1. The Labute approximate surface area is 150 Å². The Balaban J connectivity index is 0.000000217. The molecule has 3 aromatic rings. The van der Waals surface area contributed by atoms with E-state index in [2.05, 4.69) is 40.2 Å². The summed E-state index contributed by atoms with van der Waals surface area (Å²) in [7, 11) is 3.99. The van der Waals surface area contributed by atoms with Crippen LogP contribution in [0.4, 0.5) is 5.82 Å². The van der Waals surface area contributed by atoms with Gasteiger partial charge in [-0.25, -0.2) is 4.98 Å². The third-order valence-electron chi connectivity index (χ3n) is 3.98. The number of benzene rings is 1. The fourth-order valence-corrected chi connectivity index (χ4v) is 3.60.